The zero-order valence-electron chi connectivity index (χ0n) is 18.6. The van der Waals surface area contributed by atoms with E-state index in [2.05, 4.69) is 33.2 Å². The molecule has 2 unspecified atom stereocenters. The number of nitrogens with one attached hydrogen (secondary N) is 1. The van der Waals surface area contributed by atoms with Gasteiger partial charge < -0.3 is 20.1 Å². The number of ether oxygens (including phenoxy) is 1. The van der Waals surface area contributed by atoms with Gasteiger partial charge in [-0.15, -0.1) is 0 Å². The molecule has 2 fully saturated rings. The normalized spacial score (nSPS) is 31.7. The molecule has 172 valence electrons. The van der Waals surface area contributed by atoms with Crippen LogP contribution >= 0.6 is 15.9 Å². The number of likely N-dealkylation sites (N-methyl/N-ethyl adjacent to an activating group) is 1. The van der Waals surface area contributed by atoms with Crippen LogP contribution in [-0.2, 0) is 23.1 Å². The number of nitrogens with zero attached hydrogens (tertiary/aromatic N) is 1. The first-order valence-electron chi connectivity index (χ1n) is 11.7. The van der Waals surface area contributed by atoms with Gasteiger partial charge in [-0.1, -0.05) is 34.1 Å². The zero-order valence-corrected chi connectivity index (χ0v) is 20.2. The quantitative estimate of drug-likeness (QED) is 0.661. The molecule has 7 heteroatoms. The molecule has 33 heavy (non-hydrogen) atoms. The third kappa shape index (κ3) is 2.85. The summed E-state index contributed by atoms with van der Waals surface area (Å²) in [7, 11) is 2.05. The second kappa shape index (κ2) is 7.39. The van der Waals surface area contributed by atoms with Crippen LogP contribution in [0.5, 0.6) is 5.75 Å². The Kier molecular flexibility index (Phi) is 4.77. The maximum absolute atomic E-state index is 13.2. The Morgan fingerprint density at radius 3 is 2.82 bits per heavy atom. The average molecular weight is 511 g/mol. The number of rotatable bonds is 4. The molecule has 1 spiro atoms. The maximum atomic E-state index is 13.2. The Labute approximate surface area is 201 Å². The summed E-state index contributed by atoms with van der Waals surface area (Å²) < 4.78 is 7.35. The smallest absolute Gasteiger partial charge is 0.255 e. The Morgan fingerprint density at radius 1 is 1.24 bits per heavy atom. The Hall–Kier alpha value is -2.22. The summed E-state index contributed by atoms with van der Waals surface area (Å²) in [5.41, 5.74) is 1.83. The number of Topliss-reactive ketones (excluding diaryl/α,β-unsaturated/α-hetero) is 1. The first kappa shape index (κ1) is 21.3. The Bertz CT molecular complexity index is 1170. The molecule has 4 aliphatic rings. The van der Waals surface area contributed by atoms with Crippen molar-refractivity contribution in [3.63, 3.8) is 0 Å². The minimum atomic E-state index is -1.02. The maximum Gasteiger partial charge on any atom is 0.255 e. The molecule has 2 aromatic rings. The van der Waals surface area contributed by atoms with Crippen LogP contribution in [0.15, 0.2) is 40.9 Å². The van der Waals surface area contributed by atoms with E-state index in [1.807, 2.05) is 36.4 Å². The van der Waals surface area contributed by atoms with Gasteiger partial charge in [-0.2, -0.15) is 0 Å². The van der Waals surface area contributed by atoms with E-state index in [4.69, 9.17) is 4.74 Å². The van der Waals surface area contributed by atoms with Gasteiger partial charge in [-0.3, -0.25) is 9.59 Å². The van der Waals surface area contributed by atoms with E-state index in [0.29, 0.717) is 43.5 Å². The molecule has 1 saturated heterocycles. The monoisotopic (exact) mass is 510 g/mol. The number of ketones is 1. The van der Waals surface area contributed by atoms with Gasteiger partial charge in [0, 0.05) is 29.0 Å². The van der Waals surface area contributed by atoms with Crippen LogP contribution in [0.2, 0.25) is 0 Å². The lowest BCUT2D eigenvalue weighted by atomic mass is 9.49. The molecule has 2 bridgehead atoms. The fourth-order valence-electron chi connectivity index (χ4n) is 6.79. The number of hydrogen-bond donors (Lipinski definition) is 2. The van der Waals surface area contributed by atoms with Crippen molar-refractivity contribution in [3.05, 3.63) is 63.1 Å². The minimum Gasteiger partial charge on any atom is -0.480 e. The lowest BCUT2D eigenvalue weighted by Gasteiger charge is -2.62. The third-order valence-corrected chi connectivity index (χ3v) is 8.93. The highest BCUT2D eigenvalue weighted by atomic mass is 79.9. The molecule has 2 aromatic carbocycles. The number of aliphatic hydroxyl groups is 1. The lowest BCUT2D eigenvalue weighted by Crippen LogP contribution is -2.76. The summed E-state index contributed by atoms with van der Waals surface area (Å²) in [5, 5.41) is 15.1. The van der Waals surface area contributed by atoms with E-state index in [1.54, 1.807) is 0 Å². The third-order valence-electron chi connectivity index (χ3n) is 8.40. The van der Waals surface area contributed by atoms with Gasteiger partial charge in [0.1, 0.15) is 5.75 Å². The molecule has 1 saturated carbocycles. The highest BCUT2D eigenvalue weighted by Crippen LogP contribution is 2.63. The van der Waals surface area contributed by atoms with Gasteiger partial charge in [0.25, 0.3) is 5.91 Å². The van der Waals surface area contributed by atoms with Crippen molar-refractivity contribution in [2.75, 3.05) is 20.1 Å². The average Bonchev–Trinajstić information content (AvgIpc) is 3.16. The molecule has 2 heterocycles. The van der Waals surface area contributed by atoms with Gasteiger partial charge in [-0.25, -0.2) is 0 Å². The van der Waals surface area contributed by atoms with Crippen LogP contribution in [0.3, 0.4) is 0 Å². The molecule has 0 aromatic heterocycles. The van der Waals surface area contributed by atoms with Gasteiger partial charge in [0.05, 0.1) is 16.6 Å². The van der Waals surface area contributed by atoms with E-state index in [0.717, 1.165) is 34.1 Å². The van der Waals surface area contributed by atoms with Crippen molar-refractivity contribution >= 4 is 27.6 Å². The molecular formula is C26H27BrN2O4. The van der Waals surface area contributed by atoms with Gasteiger partial charge in [-0.05, 0) is 68.6 Å². The number of carbonyl (C=O) groups excluding carboxylic acids is 2. The standard InChI is InChI=1S/C26H27BrN2O4/c1-29-13-11-25-21-16-4-7-18(24(31)28-12-9-15-2-5-17(27)6-3-15)22(21)33-23(25)19(30)8-10-26(25,32)20(29)14-16/h2-7,20,23,32H,8-14H2,1H3,(H,28,31)/t20?,23-,25+,26?/m1/s1. The second-order valence-electron chi connectivity index (χ2n) is 9.92. The van der Waals surface area contributed by atoms with Crippen molar-refractivity contribution < 1.29 is 19.4 Å². The topological polar surface area (TPSA) is 78.9 Å². The summed E-state index contributed by atoms with van der Waals surface area (Å²) in [6.45, 7) is 1.30. The van der Waals surface area contributed by atoms with E-state index in [-0.39, 0.29) is 17.7 Å². The number of carbonyl (C=O) groups is 2. The van der Waals surface area contributed by atoms with Crippen LogP contribution in [0.25, 0.3) is 0 Å². The van der Waals surface area contributed by atoms with E-state index in [1.165, 1.54) is 0 Å². The number of benzene rings is 2. The van der Waals surface area contributed by atoms with E-state index < -0.39 is 17.1 Å². The van der Waals surface area contributed by atoms with Crippen LogP contribution in [0.4, 0.5) is 0 Å². The number of piperidine rings is 1. The largest absolute Gasteiger partial charge is 0.480 e. The van der Waals surface area contributed by atoms with Crippen molar-refractivity contribution in [2.45, 2.75) is 55.3 Å². The van der Waals surface area contributed by atoms with Crippen LogP contribution in [0.1, 0.15) is 46.3 Å². The van der Waals surface area contributed by atoms with Crippen LogP contribution in [-0.4, -0.2) is 59.6 Å². The van der Waals surface area contributed by atoms with Gasteiger partial charge in [0.15, 0.2) is 11.9 Å². The molecule has 2 N–H and O–H groups in total. The highest BCUT2D eigenvalue weighted by molar-refractivity contribution is 9.10. The van der Waals surface area contributed by atoms with Crippen LogP contribution < -0.4 is 10.1 Å². The molecule has 0 radical (unpaired) electrons. The summed E-state index contributed by atoms with van der Waals surface area (Å²) in [6, 6.07) is 11.8. The number of halogens is 1. The first-order chi connectivity index (χ1) is 15.8. The van der Waals surface area contributed by atoms with Crippen LogP contribution in [0, 0.1) is 0 Å². The molecule has 2 aliphatic heterocycles. The van der Waals surface area contributed by atoms with Crippen molar-refractivity contribution in [1.29, 1.82) is 0 Å². The Balaban J connectivity index is 1.34. The summed E-state index contributed by atoms with van der Waals surface area (Å²) >= 11 is 3.44. The SMILES string of the molecule is CN1CC[C@]23c4c5ccc(C(=O)NCCc6ccc(Br)cc6)c4O[C@@H]2C(=O)CCC3(O)C1C5. The second-order valence-corrected chi connectivity index (χ2v) is 10.8. The molecule has 6 rings (SSSR count). The van der Waals surface area contributed by atoms with E-state index in [9.17, 15) is 14.7 Å². The predicted octanol–water partition coefficient (Wildman–Crippen LogP) is 2.77. The fraction of sp³-hybridized carbons (Fsp3) is 0.462. The number of amides is 1. The number of likely N-dealkylation sites (tertiary alicyclic amines) is 1. The minimum absolute atomic E-state index is 0.0358. The zero-order chi connectivity index (χ0) is 23.0. The van der Waals surface area contributed by atoms with E-state index >= 15 is 0 Å². The van der Waals surface area contributed by atoms with Crippen molar-refractivity contribution in [1.82, 2.24) is 10.2 Å². The highest BCUT2D eigenvalue weighted by Gasteiger charge is 2.72. The van der Waals surface area contributed by atoms with Crippen molar-refractivity contribution in [3.8, 4) is 5.75 Å². The molecule has 4 atom stereocenters. The molecular weight excluding hydrogens is 484 g/mol. The van der Waals surface area contributed by atoms with Gasteiger partial charge in [0.2, 0.25) is 0 Å². The van der Waals surface area contributed by atoms with Gasteiger partial charge >= 0.3 is 0 Å². The summed E-state index contributed by atoms with van der Waals surface area (Å²) in [6.07, 6.45) is 2.13. The fourth-order valence-corrected chi connectivity index (χ4v) is 7.06. The number of hydrogen-bond acceptors (Lipinski definition) is 5. The first-order valence-corrected chi connectivity index (χ1v) is 12.5. The van der Waals surface area contributed by atoms with Crippen molar-refractivity contribution in [2.24, 2.45) is 0 Å². The predicted molar refractivity (Wildman–Crippen MR) is 127 cm³/mol. The molecule has 2 aliphatic carbocycles. The summed E-state index contributed by atoms with van der Waals surface area (Å²) in [5.74, 6) is 0.343. The Morgan fingerprint density at radius 2 is 2.03 bits per heavy atom. The molecule has 1 amide bonds. The molecule has 6 nitrogen and oxygen atoms in total. The summed E-state index contributed by atoms with van der Waals surface area (Å²) in [4.78, 5) is 28.4. The lowest BCUT2D eigenvalue weighted by molar-refractivity contribution is -0.185.